The molecule has 0 spiro atoms. The zero-order valence-corrected chi connectivity index (χ0v) is 20.9. The lowest BCUT2D eigenvalue weighted by atomic mass is 10.0. The number of nitrogens with zero attached hydrogens (tertiary/aromatic N) is 2. The fraction of sp³-hybridized carbons (Fsp3) is 0.680. The van der Waals surface area contributed by atoms with Crippen molar-refractivity contribution in [3.63, 3.8) is 0 Å². The number of nitrogens with one attached hydrogen (secondary N) is 1. The monoisotopic (exact) mass is 477 g/mol. The predicted molar refractivity (Wildman–Crippen MR) is 133 cm³/mol. The number of piperazine rings is 1. The van der Waals surface area contributed by atoms with Crippen molar-refractivity contribution in [2.75, 3.05) is 36.5 Å². The third kappa shape index (κ3) is 5.81. The van der Waals surface area contributed by atoms with E-state index in [-0.39, 0.29) is 17.9 Å². The molecule has 3 fully saturated rings. The molecule has 1 saturated carbocycles. The summed E-state index contributed by atoms with van der Waals surface area (Å²) in [4.78, 5) is 30.0. The Morgan fingerprint density at radius 3 is 2.66 bits per heavy atom. The maximum absolute atomic E-state index is 12.9. The first-order chi connectivity index (χ1) is 15.4. The van der Waals surface area contributed by atoms with E-state index in [0.717, 1.165) is 73.8 Å². The molecule has 2 atom stereocenters. The molecule has 2 unspecified atom stereocenters. The number of benzene rings is 1. The summed E-state index contributed by atoms with van der Waals surface area (Å²) in [5.74, 6) is 3.43. The zero-order valence-electron chi connectivity index (χ0n) is 19.4. The zero-order chi connectivity index (χ0) is 22.7. The standard InChI is InChI=1S/C25H36ClN3O2S/c1-17-14-28(8-9-29(17)25(31)20-5-3-4-6-20)15-21-12-22(26)13-23(18(21)2)27-24(30)11-19-7-10-32-16-19/h12-13,17,19-20H,3-11,14-16H2,1-2H3,(H,27,30). The fourth-order valence-electron chi connectivity index (χ4n) is 5.39. The van der Waals surface area contributed by atoms with Crippen LogP contribution in [0.2, 0.25) is 5.02 Å². The molecule has 1 aliphatic carbocycles. The Labute approximate surface area is 201 Å². The van der Waals surface area contributed by atoms with E-state index in [2.05, 4.69) is 29.0 Å². The molecule has 0 bridgehead atoms. The Morgan fingerprint density at radius 1 is 1.19 bits per heavy atom. The van der Waals surface area contributed by atoms with Gasteiger partial charge in [0, 0.05) is 55.3 Å². The van der Waals surface area contributed by atoms with Crippen molar-refractivity contribution in [1.29, 1.82) is 0 Å². The summed E-state index contributed by atoms with van der Waals surface area (Å²) in [7, 11) is 0. The van der Waals surface area contributed by atoms with Gasteiger partial charge in [-0.3, -0.25) is 14.5 Å². The van der Waals surface area contributed by atoms with Crippen molar-refractivity contribution in [1.82, 2.24) is 9.80 Å². The van der Waals surface area contributed by atoms with Gasteiger partial charge in [-0.1, -0.05) is 24.4 Å². The predicted octanol–water partition coefficient (Wildman–Crippen LogP) is 4.95. The maximum Gasteiger partial charge on any atom is 0.226 e. The summed E-state index contributed by atoms with van der Waals surface area (Å²) in [5, 5.41) is 3.77. The maximum atomic E-state index is 12.9. The number of amides is 2. The summed E-state index contributed by atoms with van der Waals surface area (Å²) in [5.41, 5.74) is 3.05. The summed E-state index contributed by atoms with van der Waals surface area (Å²) in [6, 6.07) is 4.10. The Hall–Kier alpha value is -1.24. The summed E-state index contributed by atoms with van der Waals surface area (Å²) in [6.45, 7) is 7.54. The van der Waals surface area contributed by atoms with Gasteiger partial charge in [-0.25, -0.2) is 0 Å². The molecule has 176 valence electrons. The van der Waals surface area contributed by atoms with Gasteiger partial charge >= 0.3 is 0 Å². The largest absolute Gasteiger partial charge is 0.337 e. The van der Waals surface area contributed by atoms with E-state index in [1.165, 1.54) is 12.8 Å². The van der Waals surface area contributed by atoms with E-state index in [9.17, 15) is 9.59 Å². The molecule has 4 rings (SSSR count). The van der Waals surface area contributed by atoms with E-state index in [1.807, 2.05) is 23.9 Å². The minimum Gasteiger partial charge on any atom is -0.337 e. The van der Waals surface area contributed by atoms with Crippen molar-refractivity contribution in [3.05, 3.63) is 28.3 Å². The van der Waals surface area contributed by atoms with Crippen LogP contribution in [-0.4, -0.2) is 58.8 Å². The van der Waals surface area contributed by atoms with E-state index in [4.69, 9.17) is 11.6 Å². The van der Waals surface area contributed by atoms with Crippen LogP contribution < -0.4 is 5.32 Å². The normalized spacial score (nSPS) is 24.8. The lowest BCUT2D eigenvalue weighted by Crippen LogP contribution is -2.54. The summed E-state index contributed by atoms with van der Waals surface area (Å²) >= 11 is 8.37. The molecular weight excluding hydrogens is 442 g/mol. The number of rotatable bonds is 6. The van der Waals surface area contributed by atoms with Crippen LogP contribution in [0.5, 0.6) is 0 Å². The molecule has 32 heavy (non-hydrogen) atoms. The summed E-state index contributed by atoms with van der Waals surface area (Å²) in [6.07, 6.45) is 6.21. The molecule has 1 aromatic rings. The lowest BCUT2D eigenvalue weighted by molar-refractivity contribution is -0.140. The Morgan fingerprint density at radius 2 is 1.97 bits per heavy atom. The second-order valence-corrected chi connectivity index (χ2v) is 11.4. The average Bonchev–Trinajstić information content (AvgIpc) is 3.45. The lowest BCUT2D eigenvalue weighted by Gasteiger charge is -2.41. The SMILES string of the molecule is Cc1c(CN2CCN(C(=O)C3CCCC3)C(C)C2)cc(Cl)cc1NC(=O)CC1CCSC1. The van der Waals surface area contributed by atoms with Crippen LogP contribution >= 0.6 is 23.4 Å². The molecule has 2 saturated heterocycles. The highest BCUT2D eigenvalue weighted by molar-refractivity contribution is 7.99. The number of anilines is 1. The first-order valence-corrected chi connectivity index (χ1v) is 13.6. The minimum atomic E-state index is 0.0847. The quantitative estimate of drug-likeness (QED) is 0.629. The van der Waals surface area contributed by atoms with Crippen LogP contribution in [0.4, 0.5) is 5.69 Å². The molecule has 0 radical (unpaired) electrons. The first-order valence-electron chi connectivity index (χ1n) is 12.1. The minimum absolute atomic E-state index is 0.0847. The van der Waals surface area contributed by atoms with Gasteiger partial charge in [-0.15, -0.1) is 0 Å². The third-order valence-electron chi connectivity index (χ3n) is 7.35. The number of carbonyl (C=O) groups excluding carboxylic acids is 2. The van der Waals surface area contributed by atoms with Crippen molar-refractivity contribution >= 4 is 40.9 Å². The number of hydrogen-bond donors (Lipinski definition) is 1. The Balaban J connectivity index is 1.36. The van der Waals surface area contributed by atoms with E-state index < -0.39 is 0 Å². The topological polar surface area (TPSA) is 52.6 Å². The number of hydrogen-bond acceptors (Lipinski definition) is 4. The second-order valence-electron chi connectivity index (χ2n) is 9.82. The molecule has 2 amide bonds. The average molecular weight is 478 g/mol. The van der Waals surface area contributed by atoms with Gasteiger partial charge in [0.2, 0.25) is 11.8 Å². The molecule has 7 heteroatoms. The molecule has 1 N–H and O–H groups in total. The first kappa shape index (κ1) is 23.9. The van der Waals surface area contributed by atoms with Crippen molar-refractivity contribution in [3.8, 4) is 0 Å². The highest BCUT2D eigenvalue weighted by atomic mass is 35.5. The van der Waals surface area contributed by atoms with E-state index >= 15 is 0 Å². The fourth-order valence-corrected chi connectivity index (χ4v) is 6.91. The van der Waals surface area contributed by atoms with Crippen LogP contribution in [0.3, 0.4) is 0 Å². The molecule has 0 aromatic heterocycles. The van der Waals surface area contributed by atoms with Crippen molar-refractivity contribution < 1.29 is 9.59 Å². The molecule has 3 aliphatic rings. The molecule has 1 aromatic carbocycles. The third-order valence-corrected chi connectivity index (χ3v) is 8.79. The smallest absolute Gasteiger partial charge is 0.226 e. The van der Waals surface area contributed by atoms with Gasteiger partial charge in [-0.05, 0) is 73.8 Å². The molecular formula is C25H36ClN3O2S. The van der Waals surface area contributed by atoms with Gasteiger partial charge < -0.3 is 10.2 Å². The number of halogens is 1. The van der Waals surface area contributed by atoms with Gasteiger partial charge in [0.15, 0.2) is 0 Å². The Bertz CT molecular complexity index is 837. The van der Waals surface area contributed by atoms with E-state index in [1.54, 1.807) is 0 Å². The van der Waals surface area contributed by atoms with Crippen LogP contribution in [0.25, 0.3) is 0 Å². The number of carbonyl (C=O) groups is 2. The van der Waals surface area contributed by atoms with Crippen LogP contribution in [0.1, 0.15) is 56.6 Å². The van der Waals surface area contributed by atoms with Crippen molar-refractivity contribution in [2.45, 2.75) is 65.0 Å². The van der Waals surface area contributed by atoms with Gasteiger partial charge in [0.05, 0.1) is 0 Å². The van der Waals surface area contributed by atoms with Crippen LogP contribution in [0, 0.1) is 18.8 Å². The van der Waals surface area contributed by atoms with Crippen LogP contribution in [-0.2, 0) is 16.1 Å². The Kier molecular flexibility index (Phi) is 8.06. The molecule has 2 aliphatic heterocycles. The summed E-state index contributed by atoms with van der Waals surface area (Å²) < 4.78 is 0. The number of thioether (sulfide) groups is 1. The highest BCUT2D eigenvalue weighted by Crippen LogP contribution is 2.30. The van der Waals surface area contributed by atoms with Gasteiger partial charge in [0.25, 0.3) is 0 Å². The second kappa shape index (κ2) is 10.8. The van der Waals surface area contributed by atoms with Gasteiger partial charge in [-0.2, -0.15) is 11.8 Å². The van der Waals surface area contributed by atoms with Gasteiger partial charge in [0.1, 0.15) is 0 Å². The van der Waals surface area contributed by atoms with E-state index in [0.29, 0.717) is 23.3 Å². The molecule has 5 nitrogen and oxygen atoms in total. The molecule has 2 heterocycles. The highest BCUT2D eigenvalue weighted by Gasteiger charge is 2.33. The van der Waals surface area contributed by atoms with Crippen LogP contribution in [0.15, 0.2) is 12.1 Å². The van der Waals surface area contributed by atoms with Crippen molar-refractivity contribution in [2.24, 2.45) is 11.8 Å².